The van der Waals surface area contributed by atoms with Crippen LogP contribution < -0.4 is 4.74 Å². The quantitative estimate of drug-likeness (QED) is 0.289. The van der Waals surface area contributed by atoms with Gasteiger partial charge in [-0.25, -0.2) is 4.39 Å². The summed E-state index contributed by atoms with van der Waals surface area (Å²) in [5.41, 5.74) is 0.996. The standard InChI is InChI=1S/C34H42F2O2/c1-2-5-22-8-10-23(11-9-22)12-13-24-14-16-25(17-15-24)27-18-19-28-29-20-21-30(37-26-6-3-4-7-26)32(36)34(29)38-33(28)31(27)35/h12-13,18-26H,2-11,14-17H2,1H3/b13-12+. The van der Waals surface area contributed by atoms with E-state index in [1.54, 1.807) is 6.07 Å². The van der Waals surface area contributed by atoms with Crippen molar-refractivity contribution >= 4 is 21.9 Å². The third kappa shape index (κ3) is 5.25. The molecule has 38 heavy (non-hydrogen) atoms. The average Bonchev–Trinajstić information content (AvgIpc) is 3.59. The molecule has 0 bridgehead atoms. The van der Waals surface area contributed by atoms with Crippen LogP contribution in [0.4, 0.5) is 8.78 Å². The van der Waals surface area contributed by atoms with Crippen molar-refractivity contribution in [2.24, 2.45) is 17.8 Å². The first-order chi connectivity index (χ1) is 18.6. The van der Waals surface area contributed by atoms with Crippen molar-refractivity contribution in [1.29, 1.82) is 0 Å². The maximum atomic E-state index is 15.8. The minimum atomic E-state index is -0.516. The van der Waals surface area contributed by atoms with Gasteiger partial charge in [-0.1, -0.05) is 38.0 Å². The van der Waals surface area contributed by atoms with Crippen LogP contribution in [0.5, 0.6) is 5.75 Å². The molecule has 1 heterocycles. The number of hydrogen-bond acceptors (Lipinski definition) is 2. The molecular formula is C34H42F2O2. The Balaban J connectivity index is 1.12. The van der Waals surface area contributed by atoms with Crippen LogP contribution >= 0.6 is 0 Å². The highest BCUT2D eigenvalue weighted by Gasteiger charge is 2.27. The second-order valence-electron chi connectivity index (χ2n) is 12.3. The highest BCUT2D eigenvalue weighted by molar-refractivity contribution is 6.05. The van der Waals surface area contributed by atoms with Crippen LogP contribution in [-0.4, -0.2) is 6.10 Å². The van der Waals surface area contributed by atoms with Crippen LogP contribution in [0.1, 0.15) is 108 Å². The van der Waals surface area contributed by atoms with Crippen LogP contribution in [-0.2, 0) is 0 Å². The summed E-state index contributed by atoms with van der Waals surface area (Å²) in [6.45, 7) is 2.30. The van der Waals surface area contributed by atoms with Crippen molar-refractivity contribution in [2.75, 3.05) is 0 Å². The molecular weight excluding hydrogens is 478 g/mol. The number of halogens is 2. The Labute approximate surface area is 225 Å². The second-order valence-corrected chi connectivity index (χ2v) is 12.3. The Bertz CT molecular complexity index is 1270. The molecule has 0 unspecified atom stereocenters. The lowest BCUT2D eigenvalue weighted by molar-refractivity contribution is 0.201. The normalized spacial score (nSPS) is 27.1. The summed E-state index contributed by atoms with van der Waals surface area (Å²) in [4.78, 5) is 0. The zero-order valence-electron chi connectivity index (χ0n) is 22.8. The maximum Gasteiger partial charge on any atom is 0.208 e. The van der Waals surface area contributed by atoms with Crippen molar-refractivity contribution < 1.29 is 17.9 Å². The molecule has 0 atom stereocenters. The van der Waals surface area contributed by atoms with E-state index in [-0.39, 0.29) is 34.8 Å². The third-order valence-electron chi connectivity index (χ3n) is 9.73. The maximum absolute atomic E-state index is 15.8. The fourth-order valence-corrected chi connectivity index (χ4v) is 7.44. The minimum absolute atomic E-state index is 0.0560. The summed E-state index contributed by atoms with van der Waals surface area (Å²) in [6, 6.07) is 7.30. The summed E-state index contributed by atoms with van der Waals surface area (Å²) in [7, 11) is 0. The van der Waals surface area contributed by atoms with Crippen LogP contribution in [0.2, 0.25) is 0 Å². The van der Waals surface area contributed by atoms with E-state index in [2.05, 4.69) is 19.1 Å². The molecule has 0 N–H and O–H groups in total. The van der Waals surface area contributed by atoms with E-state index < -0.39 is 5.82 Å². The highest BCUT2D eigenvalue weighted by atomic mass is 19.1. The molecule has 6 rings (SSSR count). The summed E-state index contributed by atoms with van der Waals surface area (Å²) < 4.78 is 42.8. The first-order valence-corrected chi connectivity index (χ1v) is 15.3. The Morgan fingerprint density at radius 2 is 1.37 bits per heavy atom. The van der Waals surface area contributed by atoms with E-state index in [4.69, 9.17) is 9.15 Å². The lowest BCUT2D eigenvalue weighted by Crippen LogP contribution is -2.15. The van der Waals surface area contributed by atoms with Crippen LogP contribution in [0.3, 0.4) is 0 Å². The molecule has 0 spiro atoms. The van der Waals surface area contributed by atoms with Crippen molar-refractivity contribution in [2.45, 2.75) is 109 Å². The fourth-order valence-electron chi connectivity index (χ4n) is 7.44. The molecule has 204 valence electrons. The Morgan fingerprint density at radius 1 is 0.763 bits per heavy atom. The molecule has 3 saturated carbocycles. The van der Waals surface area contributed by atoms with E-state index in [0.717, 1.165) is 68.8 Å². The highest BCUT2D eigenvalue weighted by Crippen LogP contribution is 2.42. The number of ether oxygens (including phenoxy) is 1. The van der Waals surface area contributed by atoms with E-state index in [1.165, 1.54) is 38.5 Å². The zero-order chi connectivity index (χ0) is 26.1. The summed E-state index contributed by atoms with van der Waals surface area (Å²) in [5, 5.41) is 1.25. The summed E-state index contributed by atoms with van der Waals surface area (Å²) in [5.74, 6) is 1.86. The van der Waals surface area contributed by atoms with Gasteiger partial charge in [0.2, 0.25) is 5.82 Å². The second kappa shape index (κ2) is 11.4. The molecule has 3 aromatic rings. The van der Waals surface area contributed by atoms with Gasteiger partial charge in [0, 0.05) is 10.8 Å². The first-order valence-electron chi connectivity index (χ1n) is 15.3. The van der Waals surface area contributed by atoms with Gasteiger partial charge in [-0.2, -0.15) is 4.39 Å². The number of fused-ring (bicyclic) bond motifs is 3. The van der Waals surface area contributed by atoms with Crippen molar-refractivity contribution in [3.63, 3.8) is 0 Å². The van der Waals surface area contributed by atoms with Crippen molar-refractivity contribution in [1.82, 2.24) is 0 Å². The molecule has 1 aromatic heterocycles. The molecule has 0 aliphatic heterocycles. The SMILES string of the molecule is CCCC1CCC(/C=C/C2CCC(c3ccc4c(oc5c(F)c(OC6CCCC6)ccc54)c3F)CC2)CC1. The largest absolute Gasteiger partial charge is 0.487 e. The number of hydrogen-bond donors (Lipinski definition) is 0. The lowest BCUT2D eigenvalue weighted by atomic mass is 9.76. The van der Waals surface area contributed by atoms with Gasteiger partial charge in [-0.3, -0.25) is 0 Å². The summed E-state index contributed by atoms with van der Waals surface area (Å²) in [6.07, 6.45) is 21.5. The number of benzene rings is 2. The topological polar surface area (TPSA) is 22.4 Å². The lowest BCUT2D eigenvalue weighted by Gasteiger charge is -2.29. The molecule has 0 amide bonds. The number of furan rings is 1. The minimum Gasteiger partial charge on any atom is -0.487 e. The monoisotopic (exact) mass is 520 g/mol. The fraction of sp³-hybridized carbons (Fsp3) is 0.588. The van der Waals surface area contributed by atoms with Crippen LogP contribution in [0.25, 0.3) is 21.9 Å². The van der Waals surface area contributed by atoms with Gasteiger partial charge in [-0.05, 0) is 124 Å². The van der Waals surface area contributed by atoms with Crippen molar-refractivity contribution in [3.8, 4) is 5.75 Å². The number of allylic oxidation sites excluding steroid dienone is 2. The van der Waals surface area contributed by atoms with Gasteiger partial charge in [0.1, 0.15) is 0 Å². The Kier molecular flexibility index (Phi) is 7.77. The average molecular weight is 521 g/mol. The van der Waals surface area contributed by atoms with Gasteiger partial charge in [0.25, 0.3) is 0 Å². The Morgan fingerprint density at radius 3 is 2.03 bits per heavy atom. The Hall–Kier alpha value is -2.36. The van der Waals surface area contributed by atoms with Crippen molar-refractivity contribution in [3.05, 3.63) is 53.6 Å². The van der Waals surface area contributed by atoms with E-state index in [0.29, 0.717) is 16.7 Å². The van der Waals surface area contributed by atoms with Gasteiger partial charge in [0.05, 0.1) is 6.10 Å². The third-order valence-corrected chi connectivity index (χ3v) is 9.73. The van der Waals surface area contributed by atoms with Gasteiger partial charge in [0.15, 0.2) is 22.7 Å². The van der Waals surface area contributed by atoms with Crippen LogP contribution in [0, 0.1) is 29.4 Å². The predicted molar refractivity (Wildman–Crippen MR) is 151 cm³/mol. The molecule has 2 nitrogen and oxygen atoms in total. The van der Waals surface area contributed by atoms with E-state index in [1.807, 2.05) is 18.2 Å². The smallest absolute Gasteiger partial charge is 0.208 e. The molecule has 3 aliphatic carbocycles. The predicted octanol–water partition coefficient (Wildman–Crippen LogP) is 10.6. The molecule has 4 heteroatoms. The molecule has 3 fully saturated rings. The molecule has 3 aliphatic rings. The molecule has 2 aromatic carbocycles. The van der Waals surface area contributed by atoms with E-state index >= 15 is 8.78 Å². The van der Waals surface area contributed by atoms with Crippen LogP contribution in [0.15, 0.2) is 40.8 Å². The van der Waals surface area contributed by atoms with Gasteiger partial charge < -0.3 is 9.15 Å². The molecule has 0 saturated heterocycles. The number of rotatable bonds is 7. The van der Waals surface area contributed by atoms with Gasteiger partial charge in [-0.15, -0.1) is 0 Å². The summed E-state index contributed by atoms with van der Waals surface area (Å²) >= 11 is 0. The first kappa shape index (κ1) is 25.9. The zero-order valence-corrected chi connectivity index (χ0v) is 22.8. The van der Waals surface area contributed by atoms with E-state index in [9.17, 15) is 0 Å². The van der Waals surface area contributed by atoms with Gasteiger partial charge >= 0.3 is 0 Å². The molecule has 0 radical (unpaired) electrons.